The van der Waals surface area contributed by atoms with Crippen molar-refractivity contribution in [3.05, 3.63) is 64.2 Å². The number of carbonyl (C=O) groups is 2. The van der Waals surface area contributed by atoms with Crippen molar-refractivity contribution in [2.24, 2.45) is 0 Å². The van der Waals surface area contributed by atoms with Crippen molar-refractivity contribution < 1.29 is 22.9 Å². The van der Waals surface area contributed by atoms with Crippen LogP contribution in [-0.4, -0.2) is 72.0 Å². The molecule has 12 heteroatoms. The van der Waals surface area contributed by atoms with Gasteiger partial charge in [-0.25, -0.2) is 8.42 Å². The van der Waals surface area contributed by atoms with Crippen LogP contribution in [0.2, 0.25) is 0 Å². The lowest BCUT2D eigenvalue weighted by Crippen LogP contribution is -2.51. The first-order valence-corrected chi connectivity index (χ1v) is 12.7. The Morgan fingerprint density at radius 1 is 1.03 bits per heavy atom. The highest BCUT2D eigenvalue weighted by Crippen LogP contribution is 2.27. The molecule has 0 unspecified atom stereocenters. The van der Waals surface area contributed by atoms with Crippen LogP contribution in [0, 0.1) is 17.0 Å². The van der Waals surface area contributed by atoms with Crippen LogP contribution >= 0.6 is 11.8 Å². The van der Waals surface area contributed by atoms with Crippen molar-refractivity contribution in [3.63, 3.8) is 0 Å². The molecule has 0 spiro atoms. The van der Waals surface area contributed by atoms with Gasteiger partial charge in [-0.1, -0.05) is 29.8 Å². The first kappa shape index (κ1) is 24.7. The molecule has 0 bridgehead atoms. The van der Waals surface area contributed by atoms with Crippen molar-refractivity contribution >= 4 is 45.0 Å². The summed E-state index contributed by atoms with van der Waals surface area (Å²) < 4.78 is 26.9. The van der Waals surface area contributed by atoms with E-state index >= 15 is 0 Å². The Morgan fingerprint density at radius 3 is 2.30 bits per heavy atom. The Labute approximate surface area is 196 Å². The summed E-state index contributed by atoms with van der Waals surface area (Å²) >= 11 is 1.18. The third-order valence-corrected chi connectivity index (χ3v) is 7.93. The van der Waals surface area contributed by atoms with Crippen LogP contribution in [0.3, 0.4) is 0 Å². The number of nitrogens with zero attached hydrogens (tertiary/aromatic N) is 3. The summed E-state index contributed by atoms with van der Waals surface area (Å²) in [6.45, 7) is 2.38. The van der Waals surface area contributed by atoms with E-state index in [1.54, 1.807) is 12.1 Å². The standard InChI is InChI=1S/C21H24N4O6S2/c1-16-6-8-17(9-7-16)22-20(26)14-32-15-21(27)23-10-12-24(13-11-23)33(30,31)19-5-3-2-4-18(19)25(28)29/h2-9H,10-15H2,1H3,(H,22,26). The molecule has 1 aliphatic heterocycles. The van der Waals surface area contributed by atoms with E-state index < -0.39 is 20.6 Å². The van der Waals surface area contributed by atoms with Gasteiger partial charge in [0.25, 0.3) is 5.69 Å². The number of nitro benzene ring substituents is 1. The van der Waals surface area contributed by atoms with Gasteiger partial charge in [0.1, 0.15) is 0 Å². The predicted octanol–water partition coefficient (Wildman–Crippen LogP) is 2.11. The van der Waals surface area contributed by atoms with Crippen LogP contribution in [0.5, 0.6) is 0 Å². The van der Waals surface area contributed by atoms with Gasteiger partial charge in [-0.3, -0.25) is 19.7 Å². The minimum Gasteiger partial charge on any atom is -0.339 e. The topological polar surface area (TPSA) is 130 Å². The van der Waals surface area contributed by atoms with Gasteiger partial charge >= 0.3 is 0 Å². The minimum atomic E-state index is -4.05. The third-order valence-electron chi connectivity index (χ3n) is 5.07. The molecule has 1 N–H and O–H groups in total. The Bertz CT molecular complexity index is 1130. The van der Waals surface area contributed by atoms with E-state index in [-0.39, 0.29) is 54.4 Å². The van der Waals surface area contributed by atoms with Gasteiger partial charge in [0.2, 0.25) is 21.8 Å². The van der Waals surface area contributed by atoms with Gasteiger partial charge in [-0.15, -0.1) is 11.8 Å². The molecule has 2 amide bonds. The van der Waals surface area contributed by atoms with E-state index in [1.165, 1.54) is 34.9 Å². The van der Waals surface area contributed by atoms with Gasteiger partial charge in [0.15, 0.2) is 4.90 Å². The number of carbonyl (C=O) groups excluding carboxylic acids is 2. The largest absolute Gasteiger partial charge is 0.339 e. The molecule has 0 aromatic heterocycles. The number of rotatable bonds is 8. The van der Waals surface area contributed by atoms with Gasteiger partial charge in [-0.05, 0) is 25.1 Å². The quantitative estimate of drug-likeness (QED) is 0.441. The van der Waals surface area contributed by atoms with Crippen LogP contribution in [-0.2, 0) is 19.6 Å². The fraction of sp³-hybridized carbons (Fsp3) is 0.333. The van der Waals surface area contributed by atoms with Crippen molar-refractivity contribution in [1.82, 2.24) is 9.21 Å². The predicted molar refractivity (Wildman–Crippen MR) is 126 cm³/mol. The number of hydrogen-bond acceptors (Lipinski definition) is 7. The lowest BCUT2D eigenvalue weighted by molar-refractivity contribution is -0.387. The second-order valence-electron chi connectivity index (χ2n) is 7.42. The Balaban J connectivity index is 1.47. The number of amides is 2. The SMILES string of the molecule is Cc1ccc(NC(=O)CSCC(=O)N2CCN(S(=O)(=O)c3ccccc3[N+](=O)[O-])CC2)cc1. The number of benzene rings is 2. The summed E-state index contributed by atoms with van der Waals surface area (Å²) in [6, 6.07) is 12.6. The maximum absolute atomic E-state index is 12.9. The van der Waals surface area contributed by atoms with Crippen molar-refractivity contribution in [2.45, 2.75) is 11.8 Å². The van der Waals surface area contributed by atoms with Crippen LogP contribution in [0.15, 0.2) is 53.4 Å². The molecule has 0 radical (unpaired) electrons. The zero-order valence-electron chi connectivity index (χ0n) is 18.0. The summed E-state index contributed by atoms with van der Waals surface area (Å²) in [5.74, 6) is -0.188. The van der Waals surface area contributed by atoms with E-state index in [4.69, 9.17) is 0 Å². The van der Waals surface area contributed by atoms with Gasteiger partial charge < -0.3 is 10.2 Å². The highest BCUT2D eigenvalue weighted by Gasteiger charge is 2.34. The first-order valence-electron chi connectivity index (χ1n) is 10.1. The molecule has 2 aromatic rings. The Morgan fingerprint density at radius 2 is 1.67 bits per heavy atom. The minimum absolute atomic E-state index is 0.0404. The maximum Gasteiger partial charge on any atom is 0.289 e. The number of piperazine rings is 1. The molecule has 0 saturated carbocycles. The zero-order chi connectivity index (χ0) is 24.0. The number of hydrogen-bond donors (Lipinski definition) is 1. The normalized spacial score (nSPS) is 14.6. The van der Waals surface area contributed by atoms with E-state index in [2.05, 4.69) is 5.32 Å². The van der Waals surface area contributed by atoms with Gasteiger partial charge in [-0.2, -0.15) is 4.31 Å². The molecular weight excluding hydrogens is 468 g/mol. The molecule has 3 rings (SSSR count). The summed E-state index contributed by atoms with van der Waals surface area (Å²) in [7, 11) is -4.05. The summed E-state index contributed by atoms with van der Waals surface area (Å²) in [5.41, 5.74) is 1.30. The molecule has 1 aliphatic rings. The molecular formula is C21H24N4O6S2. The van der Waals surface area contributed by atoms with Crippen LogP contribution in [0.25, 0.3) is 0 Å². The zero-order valence-corrected chi connectivity index (χ0v) is 19.6. The fourth-order valence-electron chi connectivity index (χ4n) is 3.30. The highest BCUT2D eigenvalue weighted by molar-refractivity contribution is 8.00. The van der Waals surface area contributed by atoms with Gasteiger partial charge in [0, 0.05) is 37.9 Å². The average Bonchev–Trinajstić information content (AvgIpc) is 2.80. The second-order valence-corrected chi connectivity index (χ2v) is 10.3. The smallest absolute Gasteiger partial charge is 0.289 e. The molecule has 2 aromatic carbocycles. The van der Waals surface area contributed by atoms with E-state index in [9.17, 15) is 28.1 Å². The monoisotopic (exact) mass is 492 g/mol. The number of sulfonamides is 1. The molecule has 1 heterocycles. The number of aryl methyl sites for hydroxylation is 1. The molecule has 1 fully saturated rings. The molecule has 33 heavy (non-hydrogen) atoms. The summed E-state index contributed by atoms with van der Waals surface area (Å²) in [4.78, 5) is 36.2. The number of para-hydroxylation sites is 1. The van der Waals surface area contributed by atoms with Crippen LogP contribution in [0.4, 0.5) is 11.4 Å². The van der Waals surface area contributed by atoms with Crippen molar-refractivity contribution in [1.29, 1.82) is 0 Å². The highest BCUT2D eigenvalue weighted by atomic mass is 32.2. The number of thioether (sulfide) groups is 1. The Kier molecular flexibility index (Phi) is 8.06. The third kappa shape index (κ3) is 6.30. The summed E-state index contributed by atoms with van der Waals surface area (Å²) in [6.07, 6.45) is 0. The Hall–Kier alpha value is -2.96. The van der Waals surface area contributed by atoms with E-state index in [1.807, 2.05) is 19.1 Å². The number of nitro groups is 1. The van der Waals surface area contributed by atoms with Crippen molar-refractivity contribution in [3.8, 4) is 0 Å². The number of anilines is 1. The lowest BCUT2D eigenvalue weighted by atomic mass is 10.2. The second kappa shape index (κ2) is 10.8. The van der Waals surface area contributed by atoms with E-state index in [0.717, 1.165) is 15.9 Å². The average molecular weight is 493 g/mol. The number of nitrogens with one attached hydrogen (secondary N) is 1. The molecule has 10 nitrogen and oxygen atoms in total. The fourth-order valence-corrected chi connectivity index (χ4v) is 5.60. The van der Waals surface area contributed by atoms with Crippen LogP contribution in [0.1, 0.15) is 5.56 Å². The van der Waals surface area contributed by atoms with Crippen LogP contribution < -0.4 is 5.32 Å². The molecule has 176 valence electrons. The van der Waals surface area contributed by atoms with Gasteiger partial charge in [0.05, 0.1) is 16.4 Å². The summed E-state index contributed by atoms with van der Waals surface area (Å²) in [5, 5.41) is 14.0. The lowest BCUT2D eigenvalue weighted by Gasteiger charge is -2.33. The maximum atomic E-state index is 12.9. The van der Waals surface area contributed by atoms with Crippen molar-refractivity contribution in [2.75, 3.05) is 43.0 Å². The molecule has 1 saturated heterocycles. The first-order chi connectivity index (χ1) is 15.7. The van der Waals surface area contributed by atoms with E-state index in [0.29, 0.717) is 5.69 Å². The molecule has 0 aliphatic carbocycles. The molecule has 0 atom stereocenters.